The Bertz CT molecular complexity index is 656. The van der Waals surface area contributed by atoms with Gasteiger partial charge in [0.25, 0.3) is 0 Å². The van der Waals surface area contributed by atoms with Crippen LogP contribution in [0.3, 0.4) is 0 Å². The second kappa shape index (κ2) is 6.32. The van der Waals surface area contributed by atoms with Crippen molar-refractivity contribution in [3.05, 3.63) is 59.7 Å². The van der Waals surface area contributed by atoms with E-state index in [1.807, 2.05) is 48.5 Å². The average molecular weight is 293 g/mol. The summed E-state index contributed by atoms with van der Waals surface area (Å²) in [6.07, 6.45) is 5.54. The molecule has 0 radical (unpaired) electrons. The fourth-order valence-corrected chi connectivity index (χ4v) is 3.28. The van der Waals surface area contributed by atoms with E-state index >= 15 is 4.39 Å². The molecule has 0 atom stereocenters. The van der Waals surface area contributed by atoms with Crippen LogP contribution in [-0.4, -0.2) is 0 Å². The van der Waals surface area contributed by atoms with Crippen LogP contribution in [0.1, 0.15) is 49.7 Å². The van der Waals surface area contributed by atoms with Crippen LogP contribution in [0.25, 0.3) is 11.1 Å². The van der Waals surface area contributed by atoms with Crippen LogP contribution in [0.5, 0.6) is 0 Å². The standard InChI is InChI=1S/C20H20FN/c21-20(13-3-1-2-4-14-20)19-11-9-18(10-12-19)17-7-5-16(15-22)6-8-17/h5-12H,1-4,13-14H2. The number of rotatable bonds is 2. The minimum Gasteiger partial charge on any atom is -0.239 e. The Hall–Kier alpha value is -2.14. The van der Waals surface area contributed by atoms with E-state index in [4.69, 9.17) is 5.26 Å². The molecule has 0 aliphatic heterocycles. The van der Waals surface area contributed by atoms with Crippen LogP contribution in [0.15, 0.2) is 48.5 Å². The first-order valence-corrected chi connectivity index (χ1v) is 8.01. The second-order valence-corrected chi connectivity index (χ2v) is 6.15. The van der Waals surface area contributed by atoms with Gasteiger partial charge in [-0.25, -0.2) is 4.39 Å². The summed E-state index contributed by atoms with van der Waals surface area (Å²) in [5.41, 5.74) is 2.43. The van der Waals surface area contributed by atoms with E-state index in [1.165, 1.54) is 0 Å². The Morgan fingerprint density at radius 3 is 1.77 bits per heavy atom. The molecule has 0 amide bonds. The molecule has 1 aliphatic rings. The van der Waals surface area contributed by atoms with Crippen molar-refractivity contribution in [2.24, 2.45) is 0 Å². The number of nitriles is 1. The molecule has 0 spiro atoms. The molecular formula is C20H20FN. The largest absolute Gasteiger partial charge is 0.239 e. The third-order valence-electron chi connectivity index (χ3n) is 4.65. The highest BCUT2D eigenvalue weighted by atomic mass is 19.1. The number of alkyl halides is 1. The summed E-state index contributed by atoms with van der Waals surface area (Å²) in [6, 6.07) is 17.4. The molecule has 2 heteroatoms. The Morgan fingerprint density at radius 1 is 0.773 bits per heavy atom. The van der Waals surface area contributed by atoms with E-state index in [2.05, 4.69) is 6.07 Å². The van der Waals surface area contributed by atoms with Crippen molar-refractivity contribution < 1.29 is 4.39 Å². The molecule has 0 saturated heterocycles. The number of halogens is 1. The van der Waals surface area contributed by atoms with Crippen molar-refractivity contribution in [3.8, 4) is 17.2 Å². The van der Waals surface area contributed by atoms with Crippen molar-refractivity contribution >= 4 is 0 Å². The lowest BCUT2D eigenvalue weighted by Gasteiger charge is -2.24. The van der Waals surface area contributed by atoms with Crippen molar-refractivity contribution in [3.63, 3.8) is 0 Å². The van der Waals surface area contributed by atoms with Gasteiger partial charge in [0.2, 0.25) is 0 Å². The van der Waals surface area contributed by atoms with E-state index in [0.29, 0.717) is 18.4 Å². The minimum absolute atomic E-state index is 0.642. The van der Waals surface area contributed by atoms with E-state index < -0.39 is 5.67 Å². The summed E-state index contributed by atoms with van der Waals surface area (Å²) in [6.45, 7) is 0. The first kappa shape index (κ1) is 14.8. The highest BCUT2D eigenvalue weighted by Crippen LogP contribution is 2.40. The molecule has 1 saturated carbocycles. The predicted molar refractivity (Wildman–Crippen MR) is 87.1 cm³/mol. The molecule has 2 aromatic carbocycles. The van der Waals surface area contributed by atoms with Crippen molar-refractivity contribution in [2.45, 2.75) is 44.2 Å². The van der Waals surface area contributed by atoms with Crippen LogP contribution in [-0.2, 0) is 5.67 Å². The molecular weight excluding hydrogens is 273 g/mol. The Balaban J connectivity index is 1.84. The Labute approximate surface area is 131 Å². The molecule has 3 rings (SSSR count). The monoisotopic (exact) mass is 293 g/mol. The summed E-state index contributed by atoms with van der Waals surface area (Å²) in [7, 11) is 0. The molecule has 1 fully saturated rings. The van der Waals surface area contributed by atoms with Crippen LogP contribution < -0.4 is 0 Å². The van der Waals surface area contributed by atoms with Crippen LogP contribution in [0.4, 0.5) is 4.39 Å². The summed E-state index contributed by atoms with van der Waals surface area (Å²) >= 11 is 0. The molecule has 112 valence electrons. The third kappa shape index (κ3) is 3.04. The first-order chi connectivity index (χ1) is 10.7. The normalized spacial score (nSPS) is 17.5. The molecule has 2 aromatic rings. The highest BCUT2D eigenvalue weighted by Gasteiger charge is 2.32. The number of hydrogen-bond acceptors (Lipinski definition) is 1. The fraction of sp³-hybridized carbons (Fsp3) is 0.350. The molecule has 0 heterocycles. The van der Waals surface area contributed by atoms with Gasteiger partial charge in [0.15, 0.2) is 0 Å². The summed E-state index contributed by atoms with van der Waals surface area (Å²) in [4.78, 5) is 0. The maximum Gasteiger partial charge on any atom is 0.136 e. The van der Waals surface area contributed by atoms with Crippen LogP contribution >= 0.6 is 0 Å². The zero-order chi connectivity index (χ0) is 15.4. The Morgan fingerprint density at radius 2 is 1.27 bits per heavy atom. The maximum atomic E-state index is 15.2. The van der Waals surface area contributed by atoms with E-state index in [1.54, 1.807) is 0 Å². The zero-order valence-corrected chi connectivity index (χ0v) is 12.7. The van der Waals surface area contributed by atoms with Gasteiger partial charge in [0.05, 0.1) is 11.6 Å². The lowest BCUT2D eigenvalue weighted by molar-refractivity contribution is 0.140. The number of nitrogens with zero attached hydrogens (tertiary/aromatic N) is 1. The highest BCUT2D eigenvalue weighted by molar-refractivity contribution is 5.64. The molecule has 1 aliphatic carbocycles. The maximum absolute atomic E-state index is 15.2. The molecule has 22 heavy (non-hydrogen) atoms. The van der Waals surface area contributed by atoms with E-state index in [-0.39, 0.29) is 0 Å². The summed E-state index contributed by atoms with van der Waals surface area (Å²) < 4.78 is 15.2. The number of benzene rings is 2. The van der Waals surface area contributed by atoms with Gasteiger partial charge < -0.3 is 0 Å². The second-order valence-electron chi connectivity index (χ2n) is 6.15. The first-order valence-electron chi connectivity index (χ1n) is 8.01. The lowest BCUT2D eigenvalue weighted by atomic mass is 9.87. The lowest BCUT2D eigenvalue weighted by Crippen LogP contribution is -2.18. The number of hydrogen-bond donors (Lipinski definition) is 0. The van der Waals surface area contributed by atoms with Gasteiger partial charge in [0, 0.05) is 0 Å². The average Bonchev–Trinajstić information content (AvgIpc) is 2.81. The van der Waals surface area contributed by atoms with Crippen LogP contribution in [0.2, 0.25) is 0 Å². The minimum atomic E-state index is -1.15. The van der Waals surface area contributed by atoms with Gasteiger partial charge in [-0.15, -0.1) is 0 Å². The van der Waals surface area contributed by atoms with Crippen molar-refractivity contribution in [1.82, 2.24) is 0 Å². The fourth-order valence-electron chi connectivity index (χ4n) is 3.28. The van der Waals surface area contributed by atoms with Crippen molar-refractivity contribution in [2.75, 3.05) is 0 Å². The third-order valence-corrected chi connectivity index (χ3v) is 4.65. The Kier molecular flexibility index (Phi) is 4.24. The van der Waals surface area contributed by atoms with Gasteiger partial charge in [0.1, 0.15) is 5.67 Å². The SMILES string of the molecule is N#Cc1ccc(-c2ccc(C3(F)CCCCCC3)cc2)cc1. The van der Waals surface area contributed by atoms with Crippen molar-refractivity contribution in [1.29, 1.82) is 5.26 Å². The van der Waals surface area contributed by atoms with Gasteiger partial charge in [-0.1, -0.05) is 49.2 Å². The molecule has 0 aromatic heterocycles. The molecule has 0 N–H and O–H groups in total. The predicted octanol–water partition coefficient (Wildman–Crippen LogP) is 5.74. The van der Waals surface area contributed by atoms with Gasteiger partial charge in [-0.05, 0) is 54.5 Å². The van der Waals surface area contributed by atoms with Gasteiger partial charge in [-0.3, -0.25) is 0 Å². The zero-order valence-electron chi connectivity index (χ0n) is 12.7. The molecule has 0 unspecified atom stereocenters. The summed E-state index contributed by atoms with van der Waals surface area (Å²) in [5, 5.41) is 8.84. The van der Waals surface area contributed by atoms with Gasteiger partial charge in [-0.2, -0.15) is 5.26 Å². The smallest absolute Gasteiger partial charge is 0.136 e. The van der Waals surface area contributed by atoms with Crippen LogP contribution in [0, 0.1) is 11.3 Å². The van der Waals surface area contributed by atoms with Gasteiger partial charge >= 0.3 is 0 Å². The molecule has 1 nitrogen and oxygen atoms in total. The summed E-state index contributed by atoms with van der Waals surface area (Å²) in [5.74, 6) is 0. The van der Waals surface area contributed by atoms with E-state index in [0.717, 1.165) is 42.4 Å². The molecule has 0 bridgehead atoms. The quantitative estimate of drug-likeness (QED) is 0.647. The van der Waals surface area contributed by atoms with E-state index in [9.17, 15) is 0 Å². The topological polar surface area (TPSA) is 23.8 Å².